The highest BCUT2D eigenvalue weighted by Crippen LogP contribution is 2.38. The van der Waals surface area contributed by atoms with E-state index in [-0.39, 0.29) is 29.6 Å². The number of amides is 2. The quantitative estimate of drug-likeness (QED) is 0.212. The van der Waals surface area contributed by atoms with Crippen molar-refractivity contribution in [2.75, 3.05) is 38.9 Å². The Kier molecular flexibility index (Phi) is 9.41. The average molecular weight is 684 g/mol. The minimum absolute atomic E-state index is 0.00198. The van der Waals surface area contributed by atoms with Crippen LogP contribution in [0.2, 0.25) is 0 Å². The maximum Gasteiger partial charge on any atom is 0.338 e. The van der Waals surface area contributed by atoms with E-state index in [1.165, 1.54) is 48.3 Å². The lowest BCUT2D eigenvalue weighted by Crippen LogP contribution is -2.39. The molecule has 6 aromatic rings. The van der Waals surface area contributed by atoms with E-state index in [0.717, 1.165) is 15.0 Å². The predicted molar refractivity (Wildman–Crippen MR) is 183 cm³/mol. The molecule has 0 bridgehead atoms. The number of hydrogen-bond acceptors (Lipinski definition) is 11. The van der Waals surface area contributed by atoms with Crippen molar-refractivity contribution < 1.29 is 18.7 Å². The number of carbonyl (C=O) groups excluding carboxylic acids is 1. The van der Waals surface area contributed by atoms with E-state index in [9.17, 15) is 18.8 Å². The second kappa shape index (κ2) is 14.0. The SMILES string of the molecule is COc1ccc(NC(=O)Nc2ccc(-c3sc4c(c3CN(C)C)c(=O)n(-c3ccc(OC)nn3)c(=O)n4Cc3ccccc3F)cc2)nn1. The number of urea groups is 1. The summed E-state index contributed by atoms with van der Waals surface area (Å²) in [5, 5.41) is 21.4. The van der Waals surface area contributed by atoms with Crippen LogP contribution in [0.3, 0.4) is 0 Å². The van der Waals surface area contributed by atoms with Gasteiger partial charge in [-0.25, -0.2) is 18.5 Å². The lowest BCUT2D eigenvalue weighted by Gasteiger charge is -2.14. The Morgan fingerprint density at radius 3 is 2.18 bits per heavy atom. The van der Waals surface area contributed by atoms with Crippen LogP contribution in [-0.2, 0) is 13.1 Å². The molecular weight excluding hydrogens is 653 g/mol. The van der Waals surface area contributed by atoms with E-state index in [2.05, 4.69) is 31.0 Å². The van der Waals surface area contributed by atoms with E-state index >= 15 is 0 Å². The third-order valence-electron chi connectivity index (χ3n) is 7.39. The summed E-state index contributed by atoms with van der Waals surface area (Å²) in [6.07, 6.45) is 0. The summed E-state index contributed by atoms with van der Waals surface area (Å²) in [4.78, 5) is 44.0. The number of aromatic nitrogens is 6. The summed E-state index contributed by atoms with van der Waals surface area (Å²) in [6, 6.07) is 18.8. The zero-order chi connectivity index (χ0) is 34.7. The second-order valence-electron chi connectivity index (χ2n) is 11.0. The number of halogens is 1. The van der Waals surface area contributed by atoms with Crippen LogP contribution >= 0.6 is 11.3 Å². The standard InChI is InChI=1S/C33H30FN9O5S/c1-41(2)18-22-28-30(44)43(25-14-16-27(48-4)40-38-25)33(46)42(17-20-7-5-6-8-23(20)34)31(28)49-29(22)19-9-11-21(12-10-19)35-32(45)36-24-13-15-26(47-3)39-37-24/h5-16H,17-18H2,1-4H3,(H2,35,36,37,45). The van der Waals surface area contributed by atoms with Crippen LogP contribution in [0.4, 0.5) is 20.7 Å². The summed E-state index contributed by atoms with van der Waals surface area (Å²) in [5.41, 5.74) is 0.899. The number of fused-ring (bicyclic) bond motifs is 1. The summed E-state index contributed by atoms with van der Waals surface area (Å²) >= 11 is 1.25. The van der Waals surface area contributed by atoms with Gasteiger partial charge >= 0.3 is 11.7 Å². The first-order valence-corrected chi connectivity index (χ1v) is 15.6. The van der Waals surface area contributed by atoms with E-state index in [4.69, 9.17) is 9.47 Å². The number of anilines is 2. The van der Waals surface area contributed by atoms with Crippen LogP contribution in [-0.4, -0.2) is 68.8 Å². The first kappa shape index (κ1) is 32.9. The highest BCUT2D eigenvalue weighted by atomic mass is 32.1. The molecule has 14 nitrogen and oxygen atoms in total. The summed E-state index contributed by atoms with van der Waals surface area (Å²) < 4.78 is 27.4. The molecule has 0 fully saturated rings. The van der Waals surface area contributed by atoms with Crippen LogP contribution < -0.4 is 31.4 Å². The smallest absolute Gasteiger partial charge is 0.338 e. The molecule has 2 amide bonds. The van der Waals surface area contributed by atoms with Gasteiger partial charge < -0.3 is 19.7 Å². The summed E-state index contributed by atoms with van der Waals surface area (Å²) in [7, 11) is 6.64. The van der Waals surface area contributed by atoms with E-state index < -0.39 is 23.1 Å². The molecule has 0 saturated carbocycles. The minimum atomic E-state index is -0.698. The first-order chi connectivity index (χ1) is 23.7. The number of nitrogens with zero attached hydrogens (tertiary/aromatic N) is 7. The first-order valence-electron chi connectivity index (χ1n) is 14.8. The van der Waals surface area contributed by atoms with Gasteiger partial charge in [-0.15, -0.1) is 31.7 Å². The van der Waals surface area contributed by atoms with E-state index in [1.54, 1.807) is 54.6 Å². The van der Waals surface area contributed by atoms with Gasteiger partial charge in [-0.3, -0.25) is 14.7 Å². The monoisotopic (exact) mass is 683 g/mol. The van der Waals surface area contributed by atoms with Crippen molar-refractivity contribution in [2.45, 2.75) is 13.1 Å². The van der Waals surface area contributed by atoms with Gasteiger partial charge in [0.2, 0.25) is 11.8 Å². The Morgan fingerprint density at radius 2 is 1.57 bits per heavy atom. The van der Waals surface area contributed by atoms with Crippen LogP contribution in [0.1, 0.15) is 11.1 Å². The van der Waals surface area contributed by atoms with Gasteiger partial charge in [0.15, 0.2) is 11.6 Å². The molecule has 0 aliphatic heterocycles. The van der Waals surface area contributed by atoms with Crippen molar-refractivity contribution >= 4 is 39.1 Å². The molecule has 0 saturated heterocycles. The van der Waals surface area contributed by atoms with Crippen LogP contribution in [0.25, 0.3) is 26.5 Å². The minimum Gasteiger partial charge on any atom is -0.480 e. The topological polar surface area (TPSA) is 158 Å². The highest BCUT2D eigenvalue weighted by molar-refractivity contribution is 7.22. The van der Waals surface area contributed by atoms with E-state index in [1.807, 2.05) is 19.0 Å². The molecule has 6 rings (SSSR count). The van der Waals surface area contributed by atoms with Gasteiger partial charge in [0.1, 0.15) is 10.6 Å². The van der Waals surface area contributed by atoms with E-state index in [0.29, 0.717) is 33.9 Å². The number of ether oxygens (including phenoxy) is 2. The molecule has 0 unspecified atom stereocenters. The molecule has 0 radical (unpaired) electrons. The van der Waals surface area contributed by atoms with Crippen LogP contribution in [0.5, 0.6) is 11.8 Å². The molecule has 0 aliphatic rings. The predicted octanol–water partition coefficient (Wildman–Crippen LogP) is 4.37. The van der Waals surface area contributed by atoms with Gasteiger partial charge in [-0.05, 0) is 55.6 Å². The average Bonchev–Trinajstić information content (AvgIpc) is 3.47. The number of rotatable bonds is 10. The fourth-order valence-corrected chi connectivity index (χ4v) is 6.43. The lowest BCUT2D eigenvalue weighted by molar-refractivity contribution is 0.262. The van der Waals surface area contributed by atoms with Gasteiger partial charge in [0.25, 0.3) is 5.56 Å². The summed E-state index contributed by atoms with van der Waals surface area (Å²) in [5.74, 6) is 0.273. The third kappa shape index (κ3) is 6.86. The fourth-order valence-electron chi connectivity index (χ4n) is 5.13. The molecule has 2 N–H and O–H groups in total. The fraction of sp³-hybridized carbons (Fsp3) is 0.182. The Hall–Kier alpha value is -6.00. The van der Waals surface area contributed by atoms with Crippen LogP contribution in [0.15, 0.2) is 82.4 Å². The van der Waals surface area contributed by atoms with Crippen molar-refractivity contribution in [3.8, 4) is 28.0 Å². The molecule has 4 aromatic heterocycles. The molecular formula is C33H30FN9O5S. The Balaban J connectivity index is 1.45. The number of methoxy groups -OCH3 is 2. The molecule has 49 heavy (non-hydrogen) atoms. The number of benzene rings is 2. The lowest BCUT2D eigenvalue weighted by atomic mass is 10.1. The van der Waals surface area contributed by atoms with Crippen molar-refractivity contribution in [1.82, 2.24) is 34.4 Å². The second-order valence-corrected chi connectivity index (χ2v) is 12.0. The number of thiophene rings is 1. The maximum absolute atomic E-state index is 14.9. The number of nitrogens with one attached hydrogen (secondary N) is 2. The number of hydrogen-bond donors (Lipinski definition) is 2. The Morgan fingerprint density at radius 1 is 0.878 bits per heavy atom. The number of carbonyl (C=O) groups is 1. The molecule has 0 aliphatic carbocycles. The van der Waals surface area contributed by atoms with Gasteiger partial charge in [-0.1, -0.05) is 30.3 Å². The zero-order valence-electron chi connectivity index (χ0n) is 26.8. The largest absolute Gasteiger partial charge is 0.480 e. The van der Waals surface area contributed by atoms with Gasteiger partial charge in [0.05, 0.1) is 26.2 Å². The Labute approximate surface area is 282 Å². The van der Waals surface area contributed by atoms with Gasteiger partial charge in [0, 0.05) is 34.8 Å². The van der Waals surface area contributed by atoms with Crippen molar-refractivity contribution in [1.29, 1.82) is 0 Å². The zero-order valence-corrected chi connectivity index (χ0v) is 27.6. The molecule has 0 spiro atoms. The molecule has 0 atom stereocenters. The molecule has 16 heteroatoms. The highest BCUT2D eigenvalue weighted by Gasteiger charge is 2.25. The normalized spacial score (nSPS) is 11.1. The van der Waals surface area contributed by atoms with Gasteiger partial charge in [-0.2, -0.15) is 0 Å². The van der Waals surface area contributed by atoms with Crippen molar-refractivity contribution in [2.24, 2.45) is 0 Å². The van der Waals surface area contributed by atoms with Crippen molar-refractivity contribution in [3.63, 3.8) is 0 Å². The molecule has 4 heterocycles. The third-order valence-corrected chi connectivity index (χ3v) is 8.70. The maximum atomic E-state index is 14.9. The van der Waals surface area contributed by atoms with Crippen molar-refractivity contribution in [3.05, 3.63) is 111 Å². The Bertz CT molecular complexity index is 2250. The van der Waals surface area contributed by atoms with Crippen LogP contribution in [0, 0.1) is 5.82 Å². The molecule has 2 aromatic carbocycles. The molecule has 250 valence electrons. The summed E-state index contributed by atoms with van der Waals surface area (Å²) in [6.45, 7) is 0.214.